The summed E-state index contributed by atoms with van der Waals surface area (Å²) in [5, 5.41) is 18.7. The van der Waals surface area contributed by atoms with Crippen LogP contribution in [0.1, 0.15) is 23.1 Å². The first kappa shape index (κ1) is 18.3. The molecule has 1 saturated heterocycles. The van der Waals surface area contributed by atoms with Crippen molar-refractivity contribution in [2.45, 2.75) is 19.1 Å². The third kappa shape index (κ3) is 4.24. The Kier molecular flexibility index (Phi) is 5.69. The molecule has 0 spiro atoms. The fourth-order valence-corrected chi connectivity index (χ4v) is 3.22. The maximum absolute atomic E-state index is 12.4. The SMILES string of the molecule is O=C(Cn1nnnc1[C@@H](c1ccccc1)N1CCOCC1)NCc1ccon1. The van der Waals surface area contributed by atoms with Crippen LogP contribution >= 0.6 is 0 Å². The van der Waals surface area contributed by atoms with Crippen molar-refractivity contribution in [2.75, 3.05) is 26.3 Å². The second-order valence-corrected chi connectivity index (χ2v) is 6.42. The van der Waals surface area contributed by atoms with E-state index in [1.54, 1.807) is 10.7 Å². The number of aromatic nitrogens is 5. The van der Waals surface area contributed by atoms with Crippen LogP contribution in [0.5, 0.6) is 0 Å². The number of nitrogens with one attached hydrogen (secondary N) is 1. The zero-order chi connectivity index (χ0) is 19.2. The van der Waals surface area contributed by atoms with E-state index in [0.29, 0.717) is 31.3 Å². The zero-order valence-electron chi connectivity index (χ0n) is 15.3. The van der Waals surface area contributed by atoms with E-state index in [-0.39, 0.29) is 18.5 Å². The van der Waals surface area contributed by atoms with Gasteiger partial charge in [0.1, 0.15) is 18.5 Å². The molecule has 28 heavy (non-hydrogen) atoms. The Labute approximate surface area is 161 Å². The summed E-state index contributed by atoms with van der Waals surface area (Å²) in [6, 6.07) is 11.6. The lowest BCUT2D eigenvalue weighted by atomic mass is 10.0. The summed E-state index contributed by atoms with van der Waals surface area (Å²) >= 11 is 0. The summed E-state index contributed by atoms with van der Waals surface area (Å²) in [5.41, 5.74) is 1.73. The van der Waals surface area contributed by atoms with Crippen molar-refractivity contribution in [3.63, 3.8) is 0 Å². The molecule has 0 bridgehead atoms. The van der Waals surface area contributed by atoms with Crippen molar-refractivity contribution >= 4 is 5.91 Å². The minimum atomic E-state index is -0.203. The van der Waals surface area contributed by atoms with Crippen LogP contribution in [0.2, 0.25) is 0 Å². The number of morpholine rings is 1. The molecule has 10 nitrogen and oxygen atoms in total. The van der Waals surface area contributed by atoms with Crippen molar-refractivity contribution in [3.05, 3.63) is 59.7 Å². The standard InChI is InChI=1S/C18H21N7O3/c26-16(19-12-15-6-9-28-21-15)13-25-18(20-22-23-25)17(14-4-2-1-3-5-14)24-7-10-27-11-8-24/h1-6,9,17H,7-8,10-13H2,(H,19,26)/t17-/m1/s1. The van der Waals surface area contributed by atoms with Crippen LogP contribution in [0.25, 0.3) is 0 Å². The normalized spacial score (nSPS) is 16.0. The van der Waals surface area contributed by atoms with E-state index in [1.165, 1.54) is 6.26 Å². The topological polar surface area (TPSA) is 111 Å². The third-order valence-electron chi connectivity index (χ3n) is 4.58. The van der Waals surface area contributed by atoms with Gasteiger partial charge in [0.25, 0.3) is 0 Å². The van der Waals surface area contributed by atoms with Gasteiger partial charge in [-0.15, -0.1) is 5.10 Å². The number of amides is 1. The molecule has 10 heteroatoms. The lowest BCUT2D eigenvalue weighted by Gasteiger charge is -2.33. The van der Waals surface area contributed by atoms with E-state index in [9.17, 15) is 4.79 Å². The molecule has 2 aromatic heterocycles. The maximum atomic E-state index is 12.4. The predicted molar refractivity (Wildman–Crippen MR) is 96.8 cm³/mol. The Bertz CT molecular complexity index is 876. The van der Waals surface area contributed by atoms with Gasteiger partial charge in [-0.2, -0.15) is 0 Å². The number of hydrogen-bond donors (Lipinski definition) is 1. The minimum absolute atomic E-state index is 0.0217. The van der Waals surface area contributed by atoms with Gasteiger partial charge in [-0.25, -0.2) is 4.68 Å². The average Bonchev–Trinajstić information content (AvgIpc) is 3.41. The molecular weight excluding hydrogens is 362 g/mol. The molecule has 0 unspecified atom stereocenters. The summed E-state index contributed by atoms with van der Waals surface area (Å²) in [4.78, 5) is 14.6. The summed E-state index contributed by atoms with van der Waals surface area (Å²) in [6.07, 6.45) is 1.47. The number of rotatable bonds is 7. The molecule has 3 aromatic rings. The fraction of sp³-hybridized carbons (Fsp3) is 0.389. The van der Waals surface area contributed by atoms with Crippen LogP contribution in [-0.4, -0.2) is 62.5 Å². The highest BCUT2D eigenvalue weighted by Crippen LogP contribution is 2.27. The molecule has 1 atom stereocenters. The Morgan fingerprint density at radius 2 is 2.00 bits per heavy atom. The molecule has 146 valence electrons. The molecule has 0 aliphatic carbocycles. The van der Waals surface area contributed by atoms with Gasteiger partial charge in [0, 0.05) is 19.2 Å². The summed E-state index contributed by atoms with van der Waals surface area (Å²) in [5.74, 6) is 0.426. The van der Waals surface area contributed by atoms with Crippen LogP contribution < -0.4 is 5.32 Å². The van der Waals surface area contributed by atoms with Gasteiger partial charge in [-0.3, -0.25) is 9.69 Å². The average molecular weight is 383 g/mol. The van der Waals surface area contributed by atoms with E-state index >= 15 is 0 Å². The zero-order valence-corrected chi connectivity index (χ0v) is 15.3. The van der Waals surface area contributed by atoms with Crippen LogP contribution in [0.15, 0.2) is 47.2 Å². The molecule has 1 aromatic carbocycles. The van der Waals surface area contributed by atoms with Crippen molar-refractivity contribution in [3.8, 4) is 0 Å². The monoisotopic (exact) mass is 383 g/mol. The van der Waals surface area contributed by atoms with Gasteiger partial charge < -0.3 is 14.6 Å². The van der Waals surface area contributed by atoms with Gasteiger partial charge in [0.15, 0.2) is 5.82 Å². The number of carbonyl (C=O) groups is 1. The smallest absolute Gasteiger partial charge is 0.242 e. The molecule has 1 fully saturated rings. The van der Waals surface area contributed by atoms with E-state index in [1.807, 2.05) is 30.3 Å². The molecule has 1 N–H and O–H groups in total. The van der Waals surface area contributed by atoms with Crippen LogP contribution in [0, 0.1) is 0 Å². The van der Waals surface area contributed by atoms with E-state index in [4.69, 9.17) is 9.26 Å². The molecule has 4 rings (SSSR count). The fourth-order valence-electron chi connectivity index (χ4n) is 3.22. The van der Waals surface area contributed by atoms with Gasteiger partial charge in [0.2, 0.25) is 5.91 Å². The largest absolute Gasteiger partial charge is 0.379 e. The minimum Gasteiger partial charge on any atom is -0.379 e. The molecule has 0 radical (unpaired) electrons. The van der Waals surface area contributed by atoms with Gasteiger partial charge in [-0.05, 0) is 16.0 Å². The molecular formula is C18H21N7O3. The second-order valence-electron chi connectivity index (χ2n) is 6.42. The summed E-state index contributed by atoms with van der Waals surface area (Å²) in [6.45, 7) is 3.16. The molecule has 1 aliphatic heterocycles. The summed E-state index contributed by atoms with van der Waals surface area (Å²) < 4.78 is 11.8. The van der Waals surface area contributed by atoms with E-state index in [0.717, 1.165) is 18.7 Å². The highest BCUT2D eigenvalue weighted by Gasteiger charge is 2.29. The quantitative estimate of drug-likeness (QED) is 0.624. The number of hydrogen-bond acceptors (Lipinski definition) is 8. The van der Waals surface area contributed by atoms with Crippen molar-refractivity contribution in [1.29, 1.82) is 0 Å². The molecule has 0 saturated carbocycles. The number of tetrazole rings is 1. The number of nitrogens with zero attached hydrogens (tertiary/aromatic N) is 6. The summed E-state index contributed by atoms with van der Waals surface area (Å²) in [7, 11) is 0. The van der Waals surface area contributed by atoms with Crippen LogP contribution in [0.4, 0.5) is 0 Å². The lowest BCUT2D eigenvalue weighted by molar-refractivity contribution is -0.122. The first-order chi connectivity index (χ1) is 13.8. The predicted octanol–water partition coefficient (Wildman–Crippen LogP) is 0.399. The lowest BCUT2D eigenvalue weighted by Crippen LogP contribution is -2.41. The van der Waals surface area contributed by atoms with Crippen molar-refractivity contribution < 1.29 is 14.1 Å². The Hall–Kier alpha value is -3.11. The van der Waals surface area contributed by atoms with E-state index < -0.39 is 0 Å². The number of ether oxygens (including phenoxy) is 1. The highest BCUT2D eigenvalue weighted by atomic mass is 16.5. The van der Waals surface area contributed by atoms with Crippen molar-refractivity contribution in [2.24, 2.45) is 0 Å². The first-order valence-corrected chi connectivity index (χ1v) is 9.10. The molecule has 3 heterocycles. The second kappa shape index (κ2) is 8.72. The van der Waals surface area contributed by atoms with Gasteiger partial charge >= 0.3 is 0 Å². The molecule has 1 amide bonds. The van der Waals surface area contributed by atoms with Crippen molar-refractivity contribution in [1.82, 2.24) is 35.6 Å². The van der Waals surface area contributed by atoms with Crippen LogP contribution in [0.3, 0.4) is 0 Å². The number of carbonyl (C=O) groups excluding carboxylic acids is 1. The van der Waals surface area contributed by atoms with Gasteiger partial charge in [0.05, 0.1) is 25.8 Å². The Balaban J connectivity index is 1.52. The van der Waals surface area contributed by atoms with Gasteiger partial charge in [-0.1, -0.05) is 35.5 Å². The Morgan fingerprint density at radius 1 is 1.18 bits per heavy atom. The third-order valence-corrected chi connectivity index (χ3v) is 4.58. The first-order valence-electron chi connectivity index (χ1n) is 9.10. The Morgan fingerprint density at radius 3 is 2.75 bits per heavy atom. The molecule has 1 aliphatic rings. The van der Waals surface area contributed by atoms with E-state index in [2.05, 4.69) is 30.9 Å². The highest BCUT2D eigenvalue weighted by molar-refractivity contribution is 5.75. The van der Waals surface area contributed by atoms with Crippen LogP contribution in [-0.2, 0) is 22.6 Å². The number of benzene rings is 1. The maximum Gasteiger partial charge on any atom is 0.242 e.